The molecule has 1 aliphatic heterocycles. The Hall–Kier alpha value is -5.25. The van der Waals surface area contributed by atoms with Crippen LogP contribution in [0.4, 0.5) is 0 Å². The Morgan fingerprint density at radius 3 is 1.96 bits per heavy atom. The van der Waals surface area contributed by atoms with Crippen LogP contribution in [0, 0.1) is 5.92 Å². The number of Topliss-reactive ketones (excluding diaryl/α,β-unsaturated/α-hetero) is 1. The van der Waals surface area contributed by atoms with Gasteiger partial charge in [0.25, 0.3) is 17.6 Å². The third-order valence-electron chi connectivity index (χ3n) is 7.48. The van der Waals surface area contributed by atoms with Crippen LogP contribution in [-0.4, -0.2) is 69.7 Å². The second-order valence-electron chi connectivity index (χ2n) is 11.5. The minimum Gasteiger partial charge on any atom is -0.497 e. The van der Waals surface area contributed by atoms with Crippen molar-refractivity contribution in [1.29, 1.82) is 0 Å². The minimum atomic E-state index is -1.43. The summed E-state index contributed by atoms with van der Waals surface area (Å²) in [5.41, 5.74) is 1.68. The Kier molecular flexibility index (Phi) is 10.7. The topological polar surface area (TPSA) is 114 Å². The number of hydrogen-bond donors (Lipinski definition) is 0. The number of carbonyl (C=O) groups excluding carboxylic acids is 5. The van der Waals surface area contributed by atoms with E-state index < -0.39 is 53.6 Å². The molecule has 3 aromatic carbocycles. The molecule has 1 heterocycles. The van der Waals surface area contributed by atoms with E-state index in [1.54, 1.807) is 107 Å². The van der Waals surface area contributed by atoms with Crippen LogP contribution in [0.2, 0.25) is 0 Å². The summed E-state index contributed by atoms with van der Waals surface area (Å²) in [6.07, 6.45) is 0.873. The summed E-state index contributed by atoms with van der Waals surface area (Å²) in [6, 6.07) is 21.7. The fraction of sp³-hybridized carbons (Fsp3) is 0.306. The van der Waals surface area contributed by atoms with Crippen molar-refractivity contribution < 1.29 is 33.4 Å². The summed E-state index contributed by atoms with van der Waals surface area (Å²) in [5, 5.41) is 2.18. The maximum Gasteiger partial charge on any atom is 0.377 e. The van der Waals surface area contributed by atoms with Gasteiger partial charge in [-0.2, -0.15) is 0 Å². The van der Waals surface area contributed by atoms with Gasteiger partial charge in [-0.15, -0.1) is 0 Å². The molecule has 46 heavy (non-hydrogen) atoms. The van der Waals surface area contributed by atoms with Gasteiger partial charge in [0.2, 0.25) is 5.91 Å². The van der Waals surface area contributed by atoms with Crippen molar-refractivity contribution in [3.63, 3.8) is 0 Å². The van der Waals surface area contributed by atoms with E-state index in [1.807, 2.05) is 6.07 Å². The second-order valence-corrected chi connectivity index (χ2v) is 11.5. The van der Waals surface area contributed by atoms with Gasteiger partial charge in [-0.05, 0) is 49.6 Å². The van der Waals surface area contributed by atoms with Crippen LogP contribution in [-0.2, 0) is 30.3 Å². The Morgan fingerprint density at radius 2 is 1.43 bits per heavy atom. The number of ketones is 1. The Bertz CT molecular complexity index is 1600. The molecule has 0 radical (unpaired) electrons. The number of hydrazine groups is 1. The van der Waals surface area contributed by atoms with Crippen molar-refractivity contribution in [3.8, 4) is 5.75 Å². The maximum absolute atomic E-state index is 14.7. The monoisotopic (exact) mass is 625 g/mol. The summed E-state index contributed by atoms with van der Waals surface area (Å²) < 4.78 is 10.5. The molecule has 1 unspecified atom stereocenters. The van der Waals surface area contributed by atoms with E-state index in [2.05, 4.69) is 0 Å². The van der Waals surface area contributed by atoms with Gasteiger partial charge in [-0.3, -0.25) is 24.1 Å². The molecule has 0 aliphatic carbocycles. The molecular weight excluding hydrogens is 586 g/mol. The number of methoxy groups -OCH3 is 1. The summed E-state index contributed by atoms with van der Waals surface area (Å²) in [7, 11) is 1.53. The summed E-state index contributed by atoms with van der Waals surface area (Å²) in [5.74, 6) is -3.64. The first-order chi connectivity index (χ1) is 21.9. The molecule has 0 bridgehead atoms. The molecule has 0 aromatic heterocycles. The molecule has 3 aromatic rings. The fourth-order valence-electron chi connectivity index (χ4n) is 5.37. The van der Waals surface area contributed by atoms with Gasteiger partial charge in [0.15, 0.2) is 0 Å². The first kappa shape index (κ1) is 33.6. The van der Waals surface area contributed by atoms with Gasteiger partial charge < -0.3 is 9.47 Å². The van der Waals surface area contributed by atoms with Crippen LogP contribution in [0.15, 0.2) is 91.1 Å². The lowest BCUT2D eigenvalue weighted by molar-refractivity contribution is -0.171. The SMILES string of the molecule is COc1ccc(C(=O)N2C=C(c3ccccc3)N(N(C(C)=O)[C@@H](Cc3ccccc3)C(=O)C(=O)OC(C)C)C(=O)C2C(C)C)cc1. The molecule has 0 saturated carbocycles. The number of esters is 1. The number of hydrogen-bond acceptors (Lipinski definition) is 7. The van der Waals surface area contributed by atoms with Gasteiger partial charge >= 0.3 is 5.97 Å². The van der Waals surface area contributed by atoms with Crippen molar-refractivity contribution >= 4 is 35.2 Å². The fourth-order valence-corrected chi connectivity index (χ4v) is 5.37. The lowest BCUT2D eigenvalue weighted by atomic mass is 9.96. The molecule has 0 N–H and O–H groups in total. The van der Waals surface area contributed by atoms with E-state index in [4.69, 9.17) is 9.47 Å². The van der Waals surface area contributed by atoms with Gasteiger partial charge in [-0.25, -0.2) is 14.8 Å². The van der Waals surface area contributed by atoms with Gasteiger partial charge in [0.1, 0.15) is 17.8 Å². The zero-order valence-electron chi connectivity index (χ0n) is 26.9. The number of nitrogens with zero attached hydrogens (tertiary/aromatic N) is 3. The van der Waals surface area contributed by atoms with Crippen LogP contribution in [0.5, 0.6) is 5.75 Å². The summed E-state index contributed by atoms with van der Waals surface area (Å²) >= 11 is 0. The zero-order chi connectivity index (χ0) is 33.5. The van der Waals surface area contributed by atoms with Crippen LogP contribution < -0.4 is 4.74 Å². The van der Waals surface area contributed by atoms with E-state index >= 15 is 0 Å². The van der Waals surface area contributed by atoms with Crippen molar-refractivity contribution in [2.24, 2.45) is 5.92 Å². The first-order valence-electron chi connectivity index (χ1n) is 15.1. The lowest BCUT2D eigenvalue weighted by Crippen LogP contribution is -2.64. The number of ether oxygens (including phenoxy) is 2. The Morgan fingerprint density at radius 1 is 0.848 bits per heavy atom. The zero-order valence-corrected chi connectivity index (χ0v) is 26.9. The van der Waals surface area contributed by atoms with Crippen LogP contribution >= 0.6 is 0 Å². The third kappa shape index (κ3) is 7.34. The minimum absolute atomic E-state index is 0.0703. The Balaban J connectivity index is 1.92. The molecule has 0 fully saturated rings. The number of rotatable bonds is 11. The highest BCUT2D eigenvalue weighted by Gasteiger charge is 2.47. The summed E-state index contributed by atoms with van der Waals surface area (Å²) in [4.78, 5) is 70.6. The van der Waals surface area contributed by atoms with E-state index in [-0.39, 0.29) is 12.1 Å². The molecule has 10 nitrogen and oxygen atoms in total. The molecule has 10 heteroatoms. The molecule has 0 spiro atoms. The quantitative estimate of drug-likeness (QED) is 0.220. The maximum atomic E-state index is 14.7. The normalized spacial score (nSPS) is 15.3. The van der Waals surface area contributed by atoms with E-state index in [1.165, 1.54) is 25.1 Å². The van der Waals surface area contributed by atoms with Crippen molar-refractivity contribution in [2.75, 3.05) is 7.11 Å². The lowest BCUT2D eigenvalue weighted by Gasteiger charge is -2.46. The molecule has 240 valence electrons. The van der Waals surface area contributed by atoms with E-state index in [0.717, 1.165) is 10.0 Å². The highest BCUT2D eigenvalue weighted by Crippen LogP contribution is 2.34. The van der Waals surface area contributed by atoms with Gasteiger partial charge in [0, 0.05) is 30.7 Å². The molecule has 0 saturated heterocycles. The van der Waals surface area contributed by atoms with Crippen molar-refractivity contribution in [1.82, 2.24) is 14.9 Å². The average Bonchev–Trinajstić information content (AvgIpc) is 3.04. The number of carbonyl (C=O) groups is 5. The van der Waals surface area contributed by atoms with Gasteiger partial charge in [0.05, 0.1) is 18.9 Å². The first-order valence-corrected chi connectivity index (χ1v) is 15.1. The van der Waals surface area contributed by atoms with Gasteiger partial charge in [-0.1, -0.05) is 74.5 Å². The van der Waals surface area contributed by atoms with E-state index in [9.17, 15) is 24.0 Å². The predicted octanol–water partition coefficient (Wildman–Crippen LogP) is 4.90. The molecule has 4 rings (SSSR count). The number of amides is 3. The highest BCUT2D eigenvalue weighted by molar-refractivity contribution is 6.36. The van der Waals surface area contributed by atoms with E-state index in [0.29, 0.717) is 22.4 Å². The predicted molar refractivity (Wildman–Crippen MR) is 172 cm³/mol. The largest absolute Gasteiger partial charge is 0.497 e. The van der Waals surface area contributed by atoms with Crippen LogP contribution in [0.1, 0.15) is 56.1 Å². The number of benzene rings is 3. The smallest absolute Gasteiger partial charge is 0.377 e. The second kappa shape index (κ2) is 14.7. The van der Waals surface area contributed by atoms with Crippen molar-refractivity contribution in [2.45, 2.75) is 59.2 Å². The molecule has 3 amide bonds. The molecule has 1 aliphatic rings. The average molecular weight is 626 g/mol. The molecular formula is C36H39N3O7. The van der Waals surface area contributed by atoms with Crippen molar-refractivity contribution in [3.05, 3.63) is 108 Å². The summed E-state index contributed by atoms with van der Waals surface area (Å²) in [6.45, 7) is 8.05. The third-order valence-corrected chi connectivity index (χ3v) is 7.48. The molecule has 2 atom stereocenters. The highest BCUT2D eigenvalue weighted by atomic mass is 16.5. The van der Waals surface area contributed by atoms with Crippen LogP contribution in [0.25, 0.3) is 5.70 Å². The van der Waals surface area contributed by atoms with Crippen LogP contribution in [0.3, 0.4) is 0 Å². The Labute approximate surface area is 269 Å². The standard InChI is InChI=1S/C36H39N3O7/c1-23(2)32-35(43)39(38(25(5)40)30(21-26-13-9-7-10-14-26)33(41)36(44)46-24(3)4)31(27-15-11-8-12-16-27)22-37(32)34(42)28-17-19-29(45-6)20-18-28/h7-20,22-24,30,32H,21H2,1-6H3/t30-,32?/m0/s1.